The Labute approximate surface area is 129 Å². The van der Waals surface area contributed by atoms with Gasteiger partial charge in [-0.3, -0.25) is 9.59 Å². The van der Waals surface area contributed by atoms with Crippen molar-refractivity contribution in [3.8, 4) is 11.5 Å². The normalized spacial score (nSPS) is 20.5. The Morgan fingerprint density at radius 3 is 2.45 bits per heavy atom. The van der Waals surface area contributed by atoms with Gasteiger partial charge in [0.25, 0.3) is 0 Å². The largest absolute Gasteiger partial charge is 0.493 e. The second kappa shape index (κ2) is 7.11. The Morgan fingerprint density at radius 1 is 1.18 bits per heavy atom. The third-order valence-electron chi connectivity index (χ3n) is 3.83. The van der Waals surface area contributed by atoms with Crippen LogP contribution in [0.5, 0.6) is 11.5 Å². The monoisotopic (exact) mass is 304 g/mol. The number of carbonyl (C=O) groups is 2. The summed E-state index contributed by atoms with van der Waals surface area (Å²) in [5.41, 5.74) is 0.454. The number of carboxylic acid groups (broad SMARTS) is 1. The molecule has 1 aliphatic carbocycles. The van der Waals surface area contributed by atoms with Gasteiger partial charge >= 0.3 is 5.97 Å². The molecule has 0 amide bonds. The highest BCUT2D eigenvalue weighted by atomic mass is 16.5. The van der Waals surface area contributed by atoms with E-state index in [9.17, 15) is 14.7 Å². The van der Waals surface area contributed by atoms with Crippen molar-refractivity contribution < 1.29 is 24.2 Å². The molecular weight excluding hydrogens is 284 g/mol. The first-order chi connectivity index (χ1) is 10.6. The molecule has 0 saturated heterocycles. The average Bonchev–Trinajstić information content (AvgIpc) is 2.54. The molecule has 0 saturated carbocycles. The fourth-order valence-corrected chi connectivity index (χ4v) is 2.69. The van der Waals surface area contributed by atoms with Crippen molar-refractivity contribution in [1.82, 2.24) is 0 Å². The van der Waals surface area contributed by atoms with Gasteiger partial charge in [0, 0.05) is 11.5 Å². The van der Waals surface area contributed by atoms with E-state index in [4.69, 9.17) is 9.47 Å². The molecule has 2 rings (SSSR count). The van der Waals surface area contributed by atoms with Crippen molar-refractivity contribution in [3.63, 3.8) is 0 Å². The molecule has 0 bridgehead atoms. The zero-order valence-corrected chi connectivity index (χ0v) is 12.7. The van der Waals surface area contributed by atoms with E-state index in [1.165, 1.54) is 7.11 Å². The van der Waals surface area contributed by atoms with Crippen LogP contribution < -0.4 is 9.47 Å². The lowest BCUT2D eigenvalue weighted by Crippen LogP contribution is -2.31. The highest BCUT2D eigenvalue weighted by molar-refractivity contribution is 6.00. The lowest BCUT2D eigenvalue weighted by atomic mass is 9.78. The molecule has 1 N–H and O–H groups in total. The minimum Gasteiger partial charge on any atom is -0.493 e. The highest BCUT2D eigenvalue weighted by Crippen LogP contribution is 2.33. The van der Waals surface area contributed by atoms with Gasteiger partial charge in [-0.05, 0) is 38.0 Å². The summed E-state index contributed by atoms with van der Waals surface area (Å²) in [6.07, 6.45) is 4.53. The van der Waals surface area contributed by atoms with E-state index in [1.807, 2.05) is 19.1 Å². The number of aliphatic carboxylic acids is 1. The van der Waals surface area contributed by atoms with Gasteiger partial charge in [-0.25, -0.2) is 0 Å². The molecule has 5 nitrogen and oxygen atoms in total. The fraction of sp³-hybridized carbons (Fsp3) is 0.412. The summed E-state index contributed by atoms with van der Waals surface area (Å²) in [7, 11) is 1.53. The van der Waals surface area contributed by atoms with Gasteiger partial charge in [0.15, 0.2) is 17.3 Å². The van der Waals surface area contributed by atoms with Crippen LogP contribution in [-0.4, -0.2) is 30.6 Å². The second-order valence-electron chi connectivity index (χ2n) is 5.16. The van der Waals surface area contributed by atoms with E-state index in [0.717, 1.165) is 0 Å². The van der Waals surface area contributed by atoms with Gasteiger partial charge in [-0.1, -0.05) is 12.2 Å². The number of methoxy groups -OCH3 is 1. The number of ether oxygens (including phenoxy) is 2. The number of benzene rings is 1. The zero-order valence-electron chi connectivity index (χ0n) is 12.7. The number of carbonyl (C=O) groups excluding carboxylic acids is 1. The molecule has 0 fully saturated rings. The van der Waals surface area contributed by atoms with E-state index < -0.39 is 17.8 Å². The number of rotatable bonds is 6. The fourth-order valence-electron chi connectivity index (χ4n) is 2.69. The number of allylic oxidation sites excluding steroid dienone is 2. The summed E-state index contributed by atoms with van der Waals surface area (Å²) < 4.78 is 10.7. The number of Topliss-reactive ketones (excluding diaryl/α,β-unsaturated/α-hetero) is 1. The minimum atomic E-state index is -0.929. The molecule has 1 aromatic rings. The van der Waals surface area contributed by atoms with Gasteiger partial charge < -0.3 is 14.6 Å². The smallest absolute Gasteiger partial charge is 0.307 e. The molecule has 1 aliphatic rings. The summed E-state index contributed by atoms with van der Waals surface area (Å²) >= 11 is 0. The van der Waals surface area contributed by atoms with E-state index in [1.54, 1.807) is 18.2 Å². The van der Waals surface area contributed by atoms with Crippen molar-refractivity contribution in [3.05, 3.63) is 35.9 Å². The first-order valence-corrected chi connectivity index (χ1v) is 7.31. The van der Waals surface area contributed by atoms with Gasteiger partial charge in [0.05, 0.1) is 19.6 Å². The van der Waals surface area contributed by atoms with Crippen LogP contribution in [0.25, 0.3) is 0 Å². The van der Waals surface area contributed by atoms with E-state index in [2.05, 4.69) is 0 Å². The van der Waals surface area contributed by atoms with E-state index >= 15 is 0 Å². The molecule has 0 aliphatic heterocycles. The summed E-state index contributed by atoms with van der Waals surface area (Å²) in [6, 6.07) is 4.95. The molecule has 0 aromatic heterocycles. The first kappa shape index (κ1) is 16.1. The predicted molar refractivity (Wildman–Crippen MR) is 81.5 cm³/mol. The summed E-state index contributed by atoms with van der Waals surface area (Å²) in [5.74, 6) is -1.26. The maximum Gasteiger partial charge on any atom is 0.307 e. The number of ketones is 1. The van der Waals surface area contributed by atoms with Crippen molar-refractivity contribution in [1.29, 1.82) is 0 Å². The molecule has 118 valence electrons. The van der Waals surface area contributed by atoms with Gasteiger partial charge in [-0.15, -0.1) is 0 Å². The second-order valence-corrected chi connectivity index (χ2v) is 5.16. The Balaban J connectivity index is 2.30. The minimum absolute atomic E-state index is 0.166. The lowest BCUT2D eigenvalue weighted by Gasteiger charge is -2.24. The van der Waals surface area contributed by atoms with Crippen LogP contribution in [0, 0.1) is 11.8 Å². The third-order valence-corrected chi connectivity index (χ3v) is 3.83. The topological polar surface area (TPSA) is 72.8 Å². The molecule has 0 spiro atoms. The quantitative estimate of drug-likeness (QED) is 0.646. The number of carboxylic acids is 1. The van der Waals surface area contributed by atoms with Crippen LogP contribution in [0.3, 0.4) is 0 Å². The van der Waals surface area contributed by atoms with Crippen LogP contribution >= 0.6 is 0 Å². The Bertz CT molecular complexity index is 591. The maximum atomic E-state index is 12.7. The van der Waals surface area contributed by atoms with Gasteiger partial charge in [0.2, 0.25) is 0 Å². The van der Waals surface area contributed by atoms with Crippen LogP contribution in [0.2, 0.25) is 0 Å². The molecule has 1 aromatic carbocycles. The van der Waals surface area contributed by atoms with Crippen LogP contribution in [0.15, 0.2) is 30.4 Å². The van der Waals surface area contributed by atoms with Crippen LogP contribution in [0.4, 0.5) is 0 Å². The summed E-state index contributed by atoms with van der Waals surface area (Å²) in [6.45, 7) is 2.30. The standard InChI is InChI=1S/C17H20O5/c1-3-22-15-10-11(8-9-14(15)21-2)16(18)12-6-4-5-7-13(12)17(19)20/h4-5,8-10,12-13H,3,6-7H2,1-2H3,(H,19,20). The van der Waals surface area contributed by atoms with Crippen LogP contribution in [0.1, 0.15) is 30.1 Å². The first-order valence-electron chi connectivity index (χ1n) is 7.31. The Kier molecular flexibility index (Phi) is 5.20. The predicted octanol–water partition coefficient (Wildman–Crippen LogP) is 2.94. The van der Waals surface area contributed by atoms with Crippen LogP contribution in [-0.2, 0) is 4.79 Å². The van der Waals surface area contributed by atoms with Crippen molar-refractivity contribution in [2.24, 2.45) is 11.8 Å². The average molecular weight is 304 g/mol. The number of hydrogen-bond acceptors (Lipinski definition) is 4. The molecule has 22 heavy (non-hydrogen) atoms. The maximum absolute atomic E-state index is 12.7. The highest BCUT2D eigenvalue weighted by Gasteiger charge is 2.34. The van der Waals surface area contributed by atoms with Gasteiger partial charge in [0.1, 0.15) is 0 Å². The summed E-state index contributed by atoms with van der Waals surface area (Å²) in [4.78, 5) is 24.0. The summed E-state index contributed by atoms with van der Waals surface area (Å²) in [5, 5.41) is 9.29. The lowest BCUT2D eigenvalue weighted by molar-refractivity contribution is -0.143. The van der Waals surface area contributed by atoms with E-state index in [0.29, 0.717) is 36.5 Å². The molecule has 2 unspecified atom stereocenters. The Hall–Kier alpha value is -2.30. The molecule has 2 atom stereocenters. The van der Waals surface area contributed by atoms with E-state index in [-0.39, 0.29) is 5.78 Å². The molecular formula is C17H20O5. The van der Waals surface area contributed by atoms with Gasteiger partial charge in [-0.2, -0.15) is 0 Å². The van der Waals surface area contributed by atoms with Crippen molar-refractivity contribution >= 4 is 11.8 Å². The zero-order chi connectivity index (χ0) is 16.1. The third kappa shape index (κ3) is 3.30. The molecule has 5 heteroatoms. The molecule has 0 heterocycles. The SMILES string of the molecule is CCOc1cc(C(=O)C2CC=CCC2C(=O)O)ccc1OC. The Morgan fingerprint density at radius 2 is 1.86 bits per heavy atom. The molecule has 0 radical (unpaired) electrons. The van der Waals surface area contributed by atoms with Crippen molar-refractivity contribution in [2.45, 2.75) is 19.8 Å². The number of hydrogen-bond donors (Lipinski definition) is 1. The van der Waals surface area contributed by atoms with Crippen molar-refractivity contribution in [2.75, 3.05) is 13.7 Å².